The molecule has 0 radical (unpaired) electrons. The summed E-state index contributed by atoms with van der Waals surface area (Å²) >= 11 is 1.23. The Bertz CT molecular complexity index is 775. The summed E-state index contributed by atoms with van der Waals surface area (Å²) in [7, 11) is 0. The number of nitrogens with one attached hydrogen (secondary N) is 1. The molecule has 1 aromatic rings. The van der Waals surface area contributed by atoms with Crippen LogP contribution in [0.5, 0.6) is 5.75 Å². The summed E-state index contributed by atoms with van der Waals surface area (Å²) in [4.78, 5) is 28.3. The van der Waals surface area contributed by atoms with Crippen molar-refractivity contribution >= 4 is 34.9 Å². The van der Waals surface area contributed by atoms with Crippen molar-refractivity contribution in [2.24, 2.45) is 10.7 Å². The van der Waals surface area contributed by atoms with Crippen LogP contribution in [-0.2, 0) is 9.59 Å². The fourth-order valence-electron chi connectivity index (χ4n) is 2.51. The third kappa shape index (κ3) is 4.48. The lowest BCUT2D eigenvalue weighted by Crippen LogP contribution is -2.45. The van der Waals surface area contributed by atoms with E-state index < -0.39 is 11.8 Å². The first-order chi connectivity index (χ1) is 12.6. The van der Waals surface area contributed by atoms with Crippen LogP contribution in [0.4, 0.5) is 4.39 Å². The van der Waals surface area contributed by atoms with E-state index in [-0.39, 0.29) is 24.6 Å². The maximum Gasteiger partial charge on any atom is 0.312 e. The highest BCUT2D eigenvalue weighted by Crippen LogP contribution is 2.32. The number of carbonyl (C=O) groups is 2. The number of carbonyl (C=O) groups excluding carboxylic acids is 2. The van der Waals surface area contributed by atoms with Gasteiger partial charge in [0.05, 0.1) is 11.3 Å². The normalized spacial score (nSPS) is 19.0. The summed E-state index contributed by atoms with van der Waals surface area (Å²) in [6.45, 7) is 1.76. The molecule has 9 heteroatoms. The van der Waals surface area contributed by atoms with Crippen molar-refractivity contribution in [3.8, 4) is 5.75 Å². The van der Waals surface area contributed by atoms with Crippen molar-refractivity contribution in [2.45, 2.75) is 19.3 Å². The Morgan fingerprint density at radius 3 is 3.04 bits per heavy atom. The maximum absolute atomic E-state index is 13.5. The SMILES string of the molecule is NCCC(=O)Oc1cc(F)ccc1C=C1SC(N2CCCCN2)=NC1=O. The highest BCUT2D eigenvalue weighted by molar-refractivity contribution is 8.18. The number of amides is 1. The van der Waals surface area contributed by atoms with Crippen LogP contribution in [0.2, 0.25) is 0 Å². The minimum atomic E-state index is -0.558. The predicted molar refractivity (Wildman–Crippen MR) is 97.7 cm³/mol. The first-order valence-corrected chi connectivity index (χ1v) is 9.12. The molecule has 2 aliphatic rings. The van der Waals surface area contributed by atoms with E-state index in [9.17, 15) is 14.0 Å². The zero-order valence-corrected chi connectivity index (χ0v) is 14.9. The second-order valence-corrected chi connectivity index (χ2v) is 6.78. The van der Waals surface area contributed by atoms with Crippen LogP contribution in [-0.4, -0.2) is 41.7 Å². The van der Waals surface area contributed by atoms with Crippen LogP contribution >= 0.6 is 11.8 Å². The third-order valence-corrected chi connectivity index (χ3v) is 4.79. The number of nitrogens with two attached hydrogens (primary N) is 1. The second kappa shape index (κ2) is 8.43. The van der Waals surface area contributed by atoms with Crippen molar-refractivity contribution in [1.29, 1.82) is 0 Å². The van der Waals surface area contributed by atoms with Crippen molar-refractivity contribution < 1.29 is 18.7 Å². The largest absolute Gasteiger partial charge is 0.426 e. The molecule has 0 unspecified atom stereocenters. The van der Waals surface area contributed by atoms with Crippen LogP contribution in [0.25, 0.3) is 6.08 Å². The van der Waals surface area contributed by atoms with E-state index in [1.165, 1.54) is 23.9 Å². The van der Waals surface area contributed by atoms with Gasteiger partial charge in [-0.1, -0.05) is 0 Å². The number of aliphatic imine (C=N–C) groups is 1. The number of esters is 1. The Kier molecular flexibility index (Phi) is 6.02. The van der Waals surface area contributed by atoms with Crippen LogP contribution in [0.1, 0.15) is 24.8 Å². The Labute approximate surface area is 154 Å². The third-order valence-electron chi connectivity index (χ3n) is 3.79. The highest BCUT2D eigenvalue weighted by atomic mass is 32.2. The van der Waals surface area contributed by atoms with E-state index >= 15 is 0 Å². The number of benzene rings is 1. The smallest absolute Gasteiger partial charge is 0.312 e. The second-order valence-electron chi connectivity index (χ2n) is 5.77. The molecular weight excluding hydrogens is 359 g/mol. The number of halogens is 1. The predicted octanol–water partition coefficient (Wildman–Crippen LogP) is 1.65. The number of hydrogen-bond donors (Lipinski definition) is 2. The molecule has 0 aliphatic carbocycles. The number of amidine groups is 1. The Morgan fingerprint density at radius 1 is 1.46 bits per heavy atom. The van der Waals surface area contributed by atoms with E-state index in [1.807, 2.05) is 5.01 Å². The van der Waals surface area contributed by atoms with Crippen molar-refractivity contribution in [1.82, 2.24) is 10.4 Å². The lowest BCUT2D eigenvalue weighted by atomic mass is 10.1. The van der Waals surface area contributed by atoms with Gasteiger partial charge < -0.3 is 10.5 Å². The molecular formula is C17H19FN4O3S. The first-order valence-electron chi connectivity index (χ1n) is 8.31. The number of rotatable bonds is 4. The molecule has 1 saturated heterocycles. The zero-order chi connectivity index (χ0) is 18.5. The van der Waals surface area contributed by atoms with E-state index in [1.54, 1.807) is 6.08 Å². The number of ether oxygens (including phenoxy) is 1. The quantitative estimate of drug-likeness (QED) is 0.467. The molecule has 3 N–H and O–H groups in total. The van der Waals surface area contributed by atoms with Gasteiger partial charge in [0.2, 0.25) is 0 Å². The molecule has 26 heavy (non-hydrogen) atoms. The molecule has 2 heterocycles. The monoisotopic (exact) mass is 378 g/mol. The summed E-state index contributed by atoms with van der Waals surface area (Å²) in [6, 6.07) is 3.81. The van der Waals surface area contributed by atoms with Crippen molar-refractivity contribution in [3.63, 3.8) is 0 Å². The van der Waals surface area contributed by atoms with Gasteiger partial charge in [-0.2, -0.15) is 4.99 Å². The average molecular weight is 378 g/mol. The fourth-order valence-corrected chi connectivity index (χ4v) is 3.42. The van der Waals surface area contributed by atoms with E-state index in [0.29, 0.717) is 15.6 Å². The van der Waals surface area contributed by atoms with Gasteiger partial charge in [0.15, 0.2) is 5.17 Å². The lowest BCUT2D eigenvalue weighted by molar-refractivity contribution is -0.134. The molecule has 1 fully saturated rings. The molecule has 0 bridgehead atoms. The summed E-state index contributed by atoms with van der Waals surface area (Å²) in [6.07, 6.45) is 3.68. The molecule has 0 aromatic heterocycles. The zero-order valence-electron chi connectivity index (χ0n) is 14.0. The summed E-state index contributed by atoms with van der Waals surface area (Å²) in [5, 5.41) is 2.45. The van der Waals surface area contributed by atoms with E-state index in [0.717, 1.165) is 32.0 Å². The molecule has 1 amide bonds. The first kappa shape index (κ1) is 18.6. The number of thioether (sulfide) groups is 1. The summed E-state index contributed by atoms with van der Waals surface area (Å²) in [5.41, 5.74) is 8.95. The summed E-state index contributed by atoms with van der Waals surface area (Å²) < 4.78 is 18.7. The van der Waals surface area contributed by atoms with Gasteiger partial charge in [0, 0.05) is 31.3 Å². The molecule has 1 aromatic carbocycles. The Hall–Kier alpha value is -2.23. The van der Waals surface area contributed by atoms with Gasteiger partial charge in [0.1, 0.15) is 11.6 Å². The standard InChI is InChI=1S/C17H19FN4O3S/c18-12-4-3-11(13(10-12)25-15(23)5-6-19)9-14-16(24)21-17(26-14)22-8-2-1-7-20-22/h3-4,9-10,20H,1-2,5-8,19H2. The minimum absolute atomic E-state index is 0.0219. The van der Waals surface area contributed by atoms with Gasteiger partial charge >= 0.3 is 5.97 Å². The van der Waals surface area contributed by atoms with Crippen LogP contribution < -0.4 is 15.9 Å². The Balaban J connectivity index is 1.79. The maximum atomic E-state index is 13.5. The number of hydrogen-bond acceptors (Lipinski definition) is 7. The summed E-state index contributed by atoms with van der Waals surface area (Å²) in [5.74, 6) is -1.42. The molecule has 0 saturated carbocycles. The van der Waals surface area contributed by atoms with Gasteiger partial charge in [-0.3, -0.25) is 14.6 Å². The van der Waals surface area contributed by atoms with Crippen LogP contribution in [0, 0.1) is 5.82 Å². The fraction of sp³-hybridized carbons (Fsp3) is 0.353. The van der Waals surface area contributed by atoms with Gasteiger partial charge in [0.25, 0.3) is 5.91 Å². The number of nitrogens with zero attached hydrogens (tertiary/aromatic N) is 2. The van der Waals surface area contributed by atoms with Gasteiger partial charge in [-0.15, -0.1) is 0 Å². The average Bonchev–Trinajstić information content (AvgIpc) is 2.99. The molecule has 0 atom stereocenters. The van der Waals surface area contributed by atoms with E-state index in [4.69, 9.17) is 10.5 Å². The number of hydrazine groups is 1. The molecule has 2 aliphatic heterocycles. The minimum Gasteiger partial charge on any atom is -0.426 e. The molecule has 0 spiro atoms. The van der Waals surface area contributed by atoms with E-state index in [2.05, 4.69) is 10.4 Å². The Morgan fingerprint density at radius 2 is 2.31 bits per heavy atom. The highest BCUT2D eigenvalue weighted by Gasteiger charge is 2.27. The van der Waals surface area contributed by atoms with Crippen molar-refractivity contribution in [2.75, 3.05) is 19.6 Å². The van der Waals surface area contributed by atoms with Crippen LogP contribution in [0.3, 0.4) is 0 Å². The van der Waals surface area contributed by atoms with Gasteiger partial charge in [-0.25, -0.2) is 9.82 Å². The molecule has 7 nitrogen and oxygen atoms in total. The van der Waals surface area contributed by atoms with Crippen molar-refractivity contribution in [3.05, 3.63) is 34.5 Å². The van der Waals surface area contributed by atoms with Gasteiger partial charge in [-0.05, 0) is 42.8 Å². The molecule has 3 rings (SSSR count). The topological polar surface area (TPSA) is 97.0 Å². The van der Waals surface area contributed by atoms with Crippen LogP contribution in [0.15, 0.2) is 28.1 Å². The molecule has 138 valence electrons. The lowest BCUT2D eigenvalue weighted by Gasteiger charge is -2.28.